The van der Waals surface area contributed by atoms with Gasteiger partial charge in [0, 0.05) is 12.6 Å². The first-order chi connectivity index (χ1) is 19.1. The number of halogens is 10. The van der Waals surface area contributed by atoms with E-state index in [1.807, 2.05) is 0 Å². The predicted molar refractivity (Wildman–Crippen MR) is 118 cm³/mol. The number of fused-ring (bicyclic) bond motifs is 2. The molecule has 0 unspecified atom stereocenters. The largest absolute Gasteiger partial charge is 0.444 e. The van der Waals surface area contributed by atoms with Crippen molar-refractivity contribution in [1.82, 2.24) is 9.13 Å². The maximum atomic E-state index is 15.1. The highest BCUT2D eigenvalue weighted by Crippen LogP contribution is 2.38. The Morgan fingerprint density at radius 2 is 0.780 bits per heavy atom. The Kier molecular flexibility index (Phi) is 5.90. The van der Waals surface area contributed by atoms with E-state index in [1.54, 1.807) is 0 Å². The lowest BCUT2D eigenvalue weighted by atomic mass is 10.1. The van der Waals surface area contributed by atoms with Gasteiger partial charge in [-0.25, -0.2) is 30.9 Å². The average Bonchev–Trinajstić information content (AvgIpc) is 3.33. The van der Waals surface area contributed by atoms with Crippen molar-refractivity contribution in [3.8, 4) is 17.2 Å². The molecular formula is C24H6F10N2O5. The third-order valence-electron chi connectivity index (χ3n) is 6.32. The lowest BCUT2D eigenvalue weighted by molar-refractivity contribution is 0.322. The lowest BCUT2D eigenvalue weighted by Crippen LogP contribution is -2.27. The molecule has 0 spiro atoms. The number of rotatable bonds is 3. The monoisotopic (exact) mass is 592 g/mol. The molecule has 0 amide bonds. The van der Waals surface area contributed by atoms with Crippen LogP contribution in [-0.2, 0) is 7.05 Å². The molecule has 2 aromatic heterocycles. The van der Waals surface area contributed by atoms with Crippen LogP contribution in [-0.4, -0.2) is 9.13 Å². The van der Waals surface area contributed by atoms with E-state index in [0.717, 1.165) is 7.05 Å². The van der Waals surface area contributed by atoms with Crippen LogP contribution in [0.2, 0.25) is 0 Å². The van der Waals surface area contributed by atoms with Crippen molar-refractivity contribution in [1.29, 1.82) is 0 Å². The maximum Gasteiger partial charge on any atom is 0.269 e. The van der Waals surface area contributed by atoms with Gasteiger partial charge in [0.25, 0.3) is 22.2 Å². The molecule has 0 N–H and O–H groups in total. The third kappa shape index (κ3) is 3.34. The number of hydrogen-bond acceptors (Lipinski definition) is 5. The number of benzene rings is 3. The van der Waals surface area contributed by atoms with Gasteiger partial charge in [-0.1, -0.05) is 0 Å². The van der Waals surface area contributed by atoms with E-state index in [2.05, 4.69) is 4.74 Å². The van der Waals surface area contributed by atoms with Crippen LogP contribution in [0.3, 0.4) is 0 Å². The molecule has 5 rings (SSSR count). The molecule has 7 nitrogen and oxygen atoms in total. The average molecular weight is 592 g/mol. The highest BCUT2D eigenvalue weighted by atomic mass is 19.2. The molecule has 0 saturated heterocycles. The second-order valence-corrected chi connectivity index (χ2v) is 8.49. The van der Waals surface area contributed by atoms with E-state index in [4.69, 9.17) is 0 Å². The highest BCUT2D eigenvalue weighted by molar-refractivity contribution is 5.99. The summed E-state index contributed by atoms with van der Waals surface area (Å²) in [5.41, 5.74) is -10.7. The van der Waals surface area contributed by atoms with E-state index in [-0.39, 0.29) is 4.57 Å². The van der Waals surface area contributed by atoms with Gasteiger partial charge in [0.05, 0.1) is 21.5 Å². The molecule has 0 radical (unpaired) electrons. The van der Waals surface area contributed by atoms with Crippen LogP contribution in [0.25, 0.3) is 27.2 Å². The first kappa shape index (κ1) is 27.6. The van der Waals surface area contributed by atoms with Gasteiger partial charge in [-0.3, -0.25) is 23.7 Å². The summed E-state index contributed by atoms with van der Waals surface area (Å²) in [6.45, 7) is 0.572. The van der Waals surface area contributed by atoms with Crippen molar-refractivity contribution in [2.24, 2.45) is 7.05 Å². The summed E-state index contributed by atoms with van der Waals surface area (Å²) in [4.78, 5) is 50.0. The zero-order valence-corrected chi connectivity index (χ0v) is 19.7. The predicted octanol–water partition coefficient (Wildman–Crippen LogP) is 3.93. The summed E-state index contributed by atoms with van der Waals surface area (Å²) in [6.07, 6.45) is 0. The SMILES string of the molecule is Cc1c(F)c(F)c(Oc2c(F)c(F)c(-n3c(=O)c4c(F)c5c(=O)n(C)c(=O)c5c(F)c4c3=O)c(F)c2F)c(F)c1F. The van der Waals surface area contributed by atoms with Gasteiger partial charge < -0.3 is 4.74 Å². The first-order valence-corrected chi connectivity index (χ1v) is 10.7. The van der Waals surface area contributed by atoms with Crippen LogP contribution in [0.15, 0.2) is 19.2 Å². The Balaban J connectivity index is 1.84. The molecule has 212 valence electrons. The van der Waals surface area contributed by atoms with Crippen molar-refractivity contribution in [2.75, 3.05) is 0 Å². The summed E-state index contributed by atoms with van der Waals surface area (Å²) in [5.74, 6) is -28.2. The van der Waals surface area contributed by atoms with E-state index < -0.39 is 129 Å². The molecular weight excluding hydrogens is 586 g/mol. The summed E-state index contributed by atoms with van der Waals surface area (Å²) >= 11 is 0. The van der Waals surface area contributed by atoms with Crippen molar-refractivity contribution >= 4 is 21.5 Å². The Morgan fingerprint density at radius 3 is 1.15 bits per heavy atom. The minimum atomic E-state index is -2.72. The van der Waals surface area contributed by atoms with Crippen molar-refractivity contribution < 1.29 is 48.6 Å². The molecule has 0 aliphatic carbocycles. The van der Waals surface area contributed by atoms with Gasteiger partial charge >= 0.3 is 0 Å². The van der Waals surface area contributed by atoms with Gasteiger partial charge in [0.15, 0.2) is 34.9 Å². The minimum Gasteiger partial charge on any atom is -0.444 e. The molecule has 3 aromatic carbocycles. The number of nitrogens with zero attached hydrogens (tertiary/aromatic N) is 2. The fourth-order valence-corrected chi connectivity index (χ4v) is 4.24. The molecule has 0 atom stereocenters. The van der Waals surface area contributed by atoms with Crippen LogP contribution in [0, 0.1) is 65.1 Å². The van der Waals surface area contributed by atoms with E-state index >= 15 is 17.6 Å². The van der Waals surface area contributed by atoms with E-state index in [1.165, 1.54) is 0 Å². The van der Waals surface area contributed by atoms with Crippen molar-refractivity contribution in [3.05, 3.63) is 105 Å². The Morgan fingerprint density at radius 1 is 0.463 bits per heavy atom. The molecule has 0 saturated carbocycles. The van der Waals surface area contributed by atoms with Crippen LogP contribution < -0.4 is 27.0 Å². The minimum absolute atomic E-state index is 0.235. The molecule has 0 bridgehead atoms. The second kappa shape index (κ2) is 8.77. The summed E-state index contributed by atoms with van der Waals surface area (Å²) in [5, 5.41) is -5.84. The van der Waals surface area contributed by atoms with Gasteiger partial charge in [-0.15, -0.1) is 0 Å². The zero-order valence-electron chi connectivity index (χ0n) is 19.7. The maximum absolute atomic E-state index is 15.1. The van der Waals surface area contributed by atoms with Crippen molar-refractivity contribution in [3.63, 3.8) is 0 Å². The number of aromatic nitrogens is 2. The molecule has 41 heavy (non-hydrogen) atoms. The topological polar surface area (TPSA) is 87.4 Å². The molecule has 0 fully saturated rings. The summed E-state index contributed by atoms with van der Waals surface area (Å²) in [7, 11) is 0.807. The van der Waals surface area contributed by atoms with Crippen LogP contribution in [0.1, 0.15) is 5.56 Å². The molecule has 17 heteroatoms. The number of hydrogen-bond donors (Lipinski definition) is 0. The van der Waals surface area contributed by atoms with Gasteiger partial charge in [0.2, 0.25) is 34.8 Å². The first-order valence-electron chi connectivity index (χ1n) is 10.7. The second-order valence-electron chi connectivity index (χ2n) is 8.49. The van der Waals surface area contributed by atoms with Gasteiger partial charge in [-0.2, -0.15) is 17.6 Å². The lowest BCUT2D eigenvalue weighted by Gasteiger charge is -2.14. The van der Waals surface area contributed by atoms with E-state index in [0.29, 0.717) is 6.92 Å². The number of ether oxygens (including phenoxy) is 1. The van der Waals surface area contributed by atoms with Gasteiger partial charge in [-0.05, 0) is 6.92 Å². The highest BCUT2D eigenvalue weighted by Gasteiger charge is 2.36. The Labute approximate surface area is 216 Å². The smallest absolute Gasteiger partial charge is 0.269 e. The van der Waals surface area contributed by atoms with E-state index in [9.17, 15) is 45.5 Å². The van der Waals surface area contributed by atoms with Gasteiger partial charge in [0.1, 0.15) is 5.69 Å². The molecule has 2 heterocycles. The van der Waals surface area contributed by atoms with Crippen LogP contribution in [0.5, 0.6) is 11.5 Å². The standard InChI is InChI=1S/C24H6F10N2O5/c1-3-8(25)14(31)19(15(32)9(3)26)41-20-16(33)12(29)18(13(30)17(20)34)36-23(39)6-7(24(36)40)11(28)5-4(10(6)27)21(37)35(2)22(5)38/h1-2H3. The summed E-state index contributed by atoms with van der Waals surface area (Å²) in [6, 6.07) is 0. The van der Waals surface area contributed by atoms with Crippen molar-refractivity contribution in [2.45, 2.75) is 6.92 Å². The molecule has 0 aliphatic heterocycles. The van der Waals surface area contributed by atoms with Crippen LogP contribution >= 0.6 is 0 Å². The molecule has 0 aliphatic rings. The third-order valence-corrected chi connectivity index (χ3v) is 6.32. The Hall–Kier alpha value is -4.96. The fourth-order valence-electron chi connectivity index (χ4n) is 4.24. The molecule has 5 aromatic rings. The van der Waals surface area contributed by atoms with Crippen LogP contribution in [0.4, 0.5) is 43.9 Å². The zero-order chi connectivity index (χ0) is 30.6. The normalized spacial score (nSPS) is 11.8. The quantitative estimate of drug-likeness (QED) is 0.234. The fraction of sp³-hybridized carbons (Fsp3) is 0.0833. The summed E-state index contributed by atoms with van der Waals surface area (Å²) < 4.78 is 149. The Bertz CT molecular complexity index is 2100.